The summed E-state index contributed by atoms with van der Waals surface area (Å²) in [6.07, 6.45) is 0.372. The first-order valence-corrected chi connectivity index (χ1v) is 8.08. The Hall–Kier alpha value is -2.53. The molecule has 2 aromatic rings. The number of carbonyl (C=O) groups is 1. The van der Waals surface area contributed by atoms with Gasteiger partial charge in [-0.15, -0.1) is 0 Å². The van der Waals surface area contributed by atoms with Gasteiger partial charge in [-0.1, -0.05) is 30.3 Å². The Morgan fingerprint density at radius 1 is 1.25 bits per heavy atom. The lowest BCUT2D eigenvalue weighted by molar-refractivity contribution is -0.116. The number of fused-ring (bicyclic) bond motifs is 1. The van der Waals surface area contributed by atoms with Crippen LogP contribution in [0.2, 0.25) is 0 Å². The first-order chi connectivity index (χ1) is 11.7. The summed E-state index contributed by atoms with van der Waals surface area (Å²) in [4.78, 5) is 12.3. The maximum absolute atomic E-state index is 12.3. The molecule has 0 unspecified atom stereocenters. The lowest BCUT2D eigenvalue weighted by atomic mass is 10.1. The van der Waals surface area contributed by atoms with Crippen molar-refractivity contribution in [1.29, 1.82) is 0 Å². The monoisotopic (exact) mass is 326 g/mol. The van der Waals surface area contributed by atoms with Crippen LogP contribution < -0.4 is 20.1 Å². The predicted octanol–water partition coefficient (Wildman–Crippen LogP) is 3.14. The Balaban J connectivity index is 1.55. The molecule has 0 fully saturated rings. The van der Waals surface area contributed by atoms with Gasteiger partial charge in [0, 0.05) is 18.0 Å². The highest BCUT2D eigenvalue weighted by Gasteiger charge is 2.25. The lowest BCUT2D eigenvalue weighted by Gasteiger charge is -2.19. The average Bonchev–Trinajstić information content (AvgIpc) is 2.98. The molecule has 1 aliphatic heterocycles. The third-order valence-corrected chi connectivity index (χ3v) is 4.06. The molecule has 1 aliphatic rings. The Morgan fingerprint density at radius 3 is 2.83 bits per heavy atom. The minimum absolute atomic E-state index is 0.0273. The topological polar surface area (TPSA) is 59.6 Å². The zero-order chi connectivity index (χ0) is 16.9. The van der Waals surface area contributed by atoms with E-state index >= 15 is 0 Å². The van der Waals surface area contributed by atoms with Crippen LogP contribution >= 0.6 is 0 Å². The van der Waals surface area contributed by atoms with E-state index in [0.29, 0.717) is 24.5 Å². The van der Waals surface area contributed by atoms with E-state index in [0.717, 1.165) is 11.3 Å². The van der Waals surface area contributed by atoms with E-state index in [9.17, 15) is 4.79 Å². The van der Waals surface area contributed by atoms with Crippen molar-refractivity contribution in [3.8, 4) is 11.5 Å². The van der Waals surface area contributed by atoms with E-state index in [1.807, 2.05) is 49.4 Å². The number of benzene rings is 2. The molecule has 5 heteroatoms. The third-order valence-electron chi connectivity index (χ3n) is 4.06. The average molecular weight is 326 g/mol. The molecule has 1 amide bonds. The van der Waals surface area contributed by atoms with E-state index < -0.39 is 0 Å². The number of methoxy groups -OCH3 is 1. The zero-order valence-corrected chi connectivity index (χ0v) is 13.9. The number of carbonyl (C=O) groups excluding carboxylic acids is 1. The van der Waals surface area contributed by atoms with Gasteiger partial charge in [-0.05, 0) is 25.1 Å². The fraction of sp³-hybridized carbons (Fsp3) is 0.316. The van der Waals surface area contributed by atoms with Crippen molar-refractivity contribution in [2.24, 2.45) is 0 Å². The quantitative estimate of drug-likeness (QED) is 0.856. The summed E-state index contributed by atoms with van der Waals surface area (Å²) in [5.74, 6) is 1.52. The molecule has 2 N–H and O–H groups in total. The smallest absolute Gasteiger partial charge is 0.226 e. The largest absolute Gasteiger partial charge is 0.495 e. The number of para-hydroxylation sites is 3. The first kappa shape index (κ1) is 16.3. The lowest BCUT2D eigenvalue weighted by Crippen LogP contribution is -2.34. The van der Waals surface area contributed by atoms with E-state index in [-0.39, 0.29) is 18.0 Å². The van der Waals surface area contributed by atoms with Gasteiger partial charge in [0.25, 0.3) is 0 Å². The highest BCUT2D eigenvalue weighted by molar-refractivity contribution is 5.92. The van der Waals surface area contributed by atoms with Crippen molar-refractivity contribution < 1.29 is 14.3 Å². The van der Waals surface area contributed by atoms with E-state index in [1.165, 1.54) is 0 Å². The van der Waals surface area contributed by atoms with Crippen LogP contribution in [0.1, 0.15) is 24.9 Å². The van der Waals surface area contributed by atoms with Crippen LogP contribution in [-0.4, -0.2) is 25.7 Å². The van der Waals surface area contributed by atoms with Crippen LogP contribution in [0.5, 0.6) is 11.5 Å². The van der Waals surface area contributed by atoms with Crippen LogP contribution in [0.15, 0.2) is 48.5 Å². The number of ether oxygens (including phenoxy) is 2. The van der Waals surface area contributed by atoms with Crippen molar-refractivity contribution in [2.75, 3.05) is 19.0 Å². The van der Waals surface area contributed by atoms with E-state index in [4.69, 9.17) is 9.47 Å². The normalized spacial score (nSPS) is 16.8. The highest BCUT2D eigenvalue weighted by atomic mass is 16.5. The fourth-order valence-electron chi connectivity index (χ4n) is 2.93. The van der Waals surface area contributed by atoms with Crippen molar-refractivity contribution in [3.05, 3.63) is 54.1 Å². The van der Waals surface area contributed by atoms with Gasteiger partial charge in [0.2, 0.25) is 5.91 Å². The zero-order valence-electron chi connectivity index (χ0n) is 13.9. The molecule has 126 valence electrons. The standard InChI is InChI=1S/C19H22N2O3/c1-13(20-16-12-24-17-9-5-3-7-14(16)17)11-19(22)21-15-8-4-6-10-18(15)23-2/h3-10,13,16,20H,11-12H2,1-2H3,(H,21,22)/t13-,16+/m0/s1. The summed E-state index contributed by atoms with van der Waals surface area (Å²) in [7, 11) is 1.59. The van der Waals surface area contributed by atoms with Gasteiger partial charge in [-0.2, -0.15) is 0 Å². The summed E-state index contributed by atoms with van der Waals surface area (Å²) in [6, 6.07) is 15.5. The molecule has 3 rings (SSSR count). The molecule has 5 nitrogen and oxygen atoms in total. The van der Waals surface area contributed by atoms with E-state index in [2.05, 4.69) is 16.7 Å². The molecular weight excluding hydrogens is 304 g/mol. The van der Waals surface area contributed by atoms with Crippen molar-refractivity contribution in [2.45, 2.75) is 25.4 Å². The first-order valence-electron chi connectivity index (χ1n) is 8.08. The van der Waals surface area contributed by atoms with Crippen LogP contribution in [-0.2, 0) is 4.79 Å². The molecule has 0 aromatic heterocycles. The molecule has 0 saturated heterocycles. The molecule has 0 bridgehead atoms. The van der Waals surface area contributed by atoms with Crippen LogP contribution in [0, 0.1) is 0 Å². The molecule has 0 aliphatic carbocycles. The minimum atomic E-state index is -0.0494. The summed E-state index contributed by atoms with van der Waals surface area (Å²) in [6.45, 7) is 2.60. The molecule has 0 spiro atoms. The number of rotatable bonds is 6. The Bertz CT molecular complexity index is 717. The molecule has 2 atom stereocenters. The second kappa shape index (κ2) is 7.36. The molecule has 1 heterocycles. The molecular formula is C19H22N2O3. The van der Waals surface area contributed by atoms with Gasteiger partial charge < -0.3 is 20.1 Å². The summed E-state index contributed by atoms with van der Waals surface area (Å²) >= 11 is 0. The van der Waals surface area contributed by atoms with Crippen molar-refractivity contribution in [1.82, 2.24) is 5.32 Å². The Kier molecular flexibility index (Phi) is 5.01. The summed E-state index contributed by atoms with van der Waals surface area (Å²) < 4.78 is 10.9. The highest BCUT2D eigenvalue weighted by Crippen LogP contribution is 2.32. The number of nitrogens with one attached hydrogen (secondary N) is 2. The number of amides is 1. The van der Waals surface area contributed by atoms with Gasteiger partial charge in [0.05, 0.1) is 18.8 Å². The Morgan fingerprint density at radius 2 is 2.00 bits per heavy atom. The van der Waals surface area contributed by atoms with Gasteiger partial charge in [-0.25, -0.2) is 0 Å². The second-order valence-electron chi connectivity index (χ2n) is 5.92. The maximum Gasteiger partial charge on any atom is 0.226 e. The van der Waals surface area contributed by atoms with Gasteiger partial charge in [-0.3, -0.25) is 4.79 Å². The molecule has 0 radical (unpaired) electrons. The third kappa shape index (κ3) is 3.68. The second-order valence-corrected chi connectivity index (χ2v) is 5.92. The fourth-order valence-corrected chi connectivity index (χ4v) is 2.93. The predicted molar refractivity (Wildman–Crippen MR) is 93.5 cm³/mol. The molecule has 0 saturated carbocycles. The Labute approximate surface area is 142 Å². The van der Waals surface area contributed by atoms with Crippen LogP contribution in [0.25, 0.3) is 0 Å². The van der Waals surface area contributed by atoms with Crippen LogP contribution in [0.4, 0.5) is 5.69 Å². The molecule has 24 heavy (non-hydrogen) atoms. The number of hydrogen-bond donors (Lipinski definition) is 2. The number of hydrogen-bond acceptors (Lipinski definition) is 4. The van der Waals surface area contributed by atoms with Gasteiger partial charge in [0.15, 0.2) is 0 Å². The van der Waals surface area contributed by atoms with Crippen molar-refractivity contribution in [3.63, 3.8) is 0 Å². The summed E-state index contributed by atoms with van der Waals surface area (Å²) in [5.41, 5.74) is 1.83. The number of anilines is 1. The van der Waals surface area contributed by atoms with E-state index in [1.54, 1.807) is 7.11 Å². The minimum Gasteiger partial charge on any atom is -0.495 e. The maximum atomic E-state index is 12.3. The molecule has 2 aromatic carbocycles. The van der Waals surface area contributed by atoms with Crippen LogP contribution in [0.3, 0.4) is 0 Å². The SMILES string of the molecule is COc1ccccc1NC(=O)C[C@H](C)N[C@@H]1COc2ccccc21. The van der Waals surface area contributed by atoms with Gasteiger partial charge >= 0.3 is 0 Å². The van der Waals surface area contributed by atoms with Crippen molar-refractivity contribution >= 4 is 11.6 Å². The van der Waals surface area contributed by atoms with Gasteiger partial charge in [0.1, 0.15) is 18.1 Å². The summed E-state index contributed by atoms with van der Waals surface area (Å²) in [5, 5.41) is 6.36.